The van der Waals surface area contributed by atoms with Crippen LogP contribution in [0.2, 0.25) is 0 Å². The van der Waals surface area contributed by atoms with Crippen molar-refractivity contribution in [2.75, 3.05) is 6.61 Å². The number of nitrogens with zero attached hydrogens (tertiary/aromatic N) is 2. The third-order valence-corrected chi connectivity index (χ3v) is 10.1. The summed E-state index contributed by atoms with van der Waals surface area (Å²) in [6, 6.07) is 15.5. The lowest BCUT2D eigenvalue weighted by Gasteiger charge is -2.43. The van der Waals surface area contributed by atoms with Crippen LogP contribution in [0.4, 0.5) is 0 Å². The fraction of sp³-hybridized carbons (Fsp3) is 0.410. The second-order valence-electron chi connectivity index (χ2n) is 13.6. The van der Waals surface area contributed by atoms with Gasteiger partial charge in [0.25, 0.3) is 0 Å². The SMILES string of the molecule is CC1=CC(OC(=O)c2cccnc2)C2(COC(=O)c3ccccc3)CCC(=C(C)C)C2C(OC(=O)c2cccnc2)CC2(C)OC2CC1. The van der Waals surface area contributed by atoms with Crippen LogP contribution in [0, 0.1) is 11.3 Å². The van der Waals surface area contributed by atoms with Crippen molar-refractivity contribution >= 4 is 17.9 Å². The molecule has 0 spiro atoms. The maximum Gasteiger partial charge on any atom is 0.340 e. The number of benzene rings is 1. The number of esters is 3. The van der Waals surface area contributed by atoms with E-state index in [1.165, 1.54) is 12.4 Å². The minimum Gasteiger partial charge on any atom is -0.461 e. The van der Waals surface area contributed by atoms with Crippen molar-refractivity contribution in [2.45, 2.75) is 83.7 Å². The highest BCUT2D eigenvalue weighted by atomic mass is 16.6. The molecule has 250 valence electrons. The van der Waals surface area contributed by atoms with E-state index >= 15 is 0 Å². The van der Waals surface area contributed by atoms with Crippen LogP contribution in [0.25, 0.3) is 0 Å². The molecule has 2 fully saturated rings. The highest BCUT2D eigenvalue weighted by molar-refractivity contribution is 5.90. The molecular formula is C39H42N2O7. The predicted molar refractivity (Wildman–Crippen MR) is 178 cm³/mol. The normalized spacial score (nSPS) is 28.1. The average Bonchev–Trinajstić information content (AvgIpc) is 3.57. The van der Waals surface area contributed by atoms with E-state index in [0.717, 1.165) is 29.6 Å². The van der Waals surface area contributed by atoms with E-state index in [4.69, 9.17) is 18.9 Å². The lowest BCUT2D eigenvalue weighted by molar-refractivity contribution is -0.0796. The van der Waals surface area contributed by atoms with Crippen molar-refractivity contribution in [3.8, 4) is 0 Å². The van der Waals surface area contributed by atoms with Gasteiger partial charge in [-0.3, -0.25) is 9.97 Å². The summed E-state index contributed by atoms with van der Waals surface area (Å²) in [6.45, 7) is 8.11. The molecule has 1 saturated heterocycles. The quantitative estimate of drug-likeness (QED) is 0.114. The Hall–Kier alpha value is -4.63. The number of carbonyl (C=O) groups is 3. The first-order valence-corrected chi connectivity index (χ1v) is 16.6. The van der Waals surface area contributed by atoms with Gasteiger partial charge in [0.15, 0.2) is 0 Å². The largest absolute Gasteiger partial charge is 0.461 e. The molecule has 1 saturated carbocycles. The molecule has 0 amide bonds. The lowest BCUT2D eigenvalue weighted by atomic mass is 9.68. The summed E-state index contributed by atoms with van der Waals surface area (Å²) in [6.07, 6.45) is 9.71. The van der Waals surface area contributed by atoms with Gasteiger partial charge in [0.2, 0.25) is 0 Å². The molecule has 3 aliphatic rings. The van der Waals surface area contributed by atoms with Gasteiger partial charge >= 0.3 is 17.9 Å². The number of allylic oxidation sites excluding steroid dienone is 2. The summed E-state index contributed by atoms with van der Waals surface area (Å²) >= 11 is 0. The van der Waals surface area contributed by atoms with Gasteiger partial charge in [0.1, 0.15) is 18.8 Å². The Bertz CT molecular complexity index is 1700. The Balaban J connectivity index is 1.49. The standard InChI is InChI=1S/C39H42N2O7/c1-25(2)30-16-17-39(24-45-35(42)27-10-6-5-7-11-27)33(47-37(44)29-13-9-19-41-23-29)20-26(3)14-15-32-38(4,48-32)21-31(34(30)39)46-36(43)28-12-8-18-40-22-28/h5-13,18-20,22-23,31-34H,14-17,21,24H2,1-4H3. The van der Waals surface area contributed by atoms with E-state index < -0.39 is 47.0 Å². The molecule has 6 atom stereocenters. The zero-order valence-electron chi connectivity index (χ0n) is 27.9. The van der Waals surface area contributed by atoms with E-state index in [-0.39, 0.29) is 12.7 Å². The lowest BCUT2D eigenvalue weighted by Crippen LogP contribution is -2.50. The zero-order valence-corrected chi connectivity index (χ0v) is 27.9. The molecular weight excluding hydrogens is 608 g/mol. The van der Waals surface area contributed by atoms with Gasteiger partial charge in [-0.25, -0.2) is 14.4 Å². The zero-order chi connectivity index (χ0) is 33.9. The van der Waals surface area contributed by atoms with Crippen LogP contribution in [0.15, 0.2) is 102 Å². The first-order valence-electron chi connectivity index (χ1n) is 16.6. The van der Waals surface area contributed by atoms with Crippen molar-refractivity contribution in [1.82, 2.24) is 9.97 Å². The van der Waals surface area contributed by atoms with Crippen LogP contribution in [0.1, 0.15) is 90.9 Å². The molecule has 6 rings (SSSR count). The number of aromatic nitrogens is 2. The molecule has 0 radical (unpaired) electrons. The van der Waals surface area contributed by atoms with Crippen molar-refractivity contribution in [1.29, 1.82) is 0 Å². The van der Waals surface area contributed by atoms with E-state index in [2.05, 4.69) is 16.9 Å². The third kappa shape index (κ3) is 6.97. The number of hydrogen-bond acceptors (Lipinski definition) is 9. The van der Waals surface area contributed by atoms with Gasteiger partial charge in [-0.05, 0) is 95.9 Å². The molecule has 1 aromatic carbocycles. The summed E-state index contributed by atoms with van der Waals surface area (Å²) in [4.78, 5) is 49.3. The minimum atomic E-state index is -0.985. The van der Waals surface area contributed by atoms with Gasteiger partial charge in [0.05, 0.1) is 33.8 Å². The molecule has 0 N–H and O–H groups in total. The van der Waals surface area contributed by atoms with Crippen LogP contribution in [0.5, 0.6) is 0 Å². The number of rotatable bonds is 7. The number of ether oxygens (including phenoxy) is 4. The number of epoxide rings is 1. The second kappa shape index (κ2) is 13.8. The minimum absolute atomic E-state index is 0.0169. The second-order valence-corrected chi connectivity index (χ2v) is 13.6. The fourth-order valence-corrected chi connectivity index (χ4v) is 7.44. The summed E-state index contributed by atoms with van der Waals surface area (Å²) in [5, 5.41) is 0. The summed E-state index contributed by atoms with van der Waals surface area (Å²) in [5.41, 5.74) is 2.75. The van der Waals surface area contributed by atoms with E-state index in [0.29, 0.717) is 36.0 Å². The molecule has 6 unspecified atom stereocenters. The summed E-state index contributed by atoms with van der Waals surface area (Å²) in [7, 11) is 0. The molecule has 1 aliphatic heterocycles. The monoisotopic (exact) mass is 650 g/mol. The summed E-state index contributed by atoms with van der Waals surface area (Å²) in [5.74, 6) is -1.99. The van der Waals surface area contributed by atoms with Crippen LogP contribution >= 0.6 is 0 Å². The highest BCUT2D eigenvalue weighted by Crippen LogP contribution is 2.57. The van der Waals surface area contributed by atoms with E-state index in [1.54, 1.807) is 60.9 Å². The molecule has 48 heavy (non-hydrogen) atoms. The van der Waals surface area contributed by atoms with Crippen molar-refractivity contribution in [3.63, 3.8) is 0 Å². The van der Waals surface area contributed by atoms with E-state index in [1.807, 2.05) is 32.9 Å². The van der Waals surface area contributed by atoms with Gasteiger partial charge < -0.3 is 18.9 Å². The Morgan fingerprint density at radius 3 is 2.12 bits per heavy atom. The molecule has 2 aliphatic carbocycles. The van der Waals surface area contributed by atoms with Gasteiger partial charge in [-0.1, -0.05) is 34.9 Å². The van der Waals surface area contributed by atoms with Crippen molar-refractivity contribution in [2.24, 2.45) is 11.3 Å². The summed E-state index contributed by atoms with van der Waals surface area (Å²) < 4.78 is 25.4. The van der Waals surface area contributed by atoms with Crippen LogP contribution in [-0.2, 0) is 18.9 Å². The number of carbonyl (C=O) groups excluding carboxylic acids is 3. The topological polar surface area (TPSA) is 117 Å². The third-order valence-electron chi connectivity index (χ3n) is 10.1. The van der Waals surface area contributed by atoms with Crippen LogP contribution in [0.3, 0.4) is 0 Å². The smallest absolute Gasteiger partial charge is 0.340 e. The van der Waals surface area contributed by atoms with Crippen molar-refractivity contribution < 1.29 is 33.3 Å². The van der Waals surface area contributed by atoms with Gasteiger partial charge in [-0.15, -0.1) is 0 Å². The fourth-order valence-electron chi connectivity index (χ4n) is 7.44. The first-order chi connectivity index (χ1) is 23.1. The van der Waals surface area contributed by atoms with E-state index in [9.17, 15) is 14.4 Å². The molecule has 2 aromatic heterocycles. The average molecular weight is 651 g/mol. The Labute approximate surface area is 281 Å². The molecule has 9 heteroatoms. The molecule has 3 aromatic rings. The Kier molecular flexibility index (Phi) is 9.60. The maximum atomic E-state index is 13.8. The van der Waals surface area contributed by atoms with Crippen LogP contribution < -0.4 is 0 Å². The molecule has 0 bridgehead atoms. The molecule has 3 heterocycles. The van der Waals surface area contributed by atoms with Crippen LogP contribution in [-0.4, -0.2) is 58.4 Å². The predicted octanol–water partition coefficient (Wildman–Crippen LogP) is 7.11. The number of pyridine rings is 2. The number of fused-ring (bicyclic) bond motifs is 2. The van der Waals surface area contributed by atoms with Crippen molar-refractivity contribution in [3.05, 3.63) is 119 Å². The highest BCUT2D eigenvalue weighted by Gasteiger charge is 2.61. The molecule has 9 nitrogen and oxygen atoms in total. The maximum absolute atomic E-state index is 13.8. The van der Waals surface area contributed by atoms with Gasteiger partial charge in [-0.2, -0.15) is 0 Å². The first kappa shape index (κ1) is 33.3. The van der Waals surface area contributed by atoms with Gasteiger partial charge in [0, 0.05) is 37.1 Å². The Morgan fingerprint density at radius 2 is 1.50 bits per heavy atom. The Morgan fingerprint density at radius 1 is 0.854 bits per heavy atom. The number of hydrogen-bond donors (Lipinski definition) is 0.